The molecule has 0 spiro atoms. The molecule has 0 aromatic heterocycles. The summed E-state index contributed by atoms with van der Waals surface area (Å²) in [6, 6.07) is 0. The topological polar surface area (TPSA) is 3.24 Å². The number of nitrogens with zero attached hydrogens (tertiary/aromatic N) is 1. The van der Waals surface area contributed by atoms with Crippen molar-refractivity contribution in [1.82, 2.24) is 4.90 Å². The van der Waals surface area contributed by atoms with E-state index in [1.54, 1.807) is 0 Å². The van der Waals surface area contributed by atoms with Gasteiger partial charge in [-0.15, -0.1) is 0 Å². The third kappa shape index (κ3) is 0.952. The summed E-state index contributed by atoms with van der Waals surface area (Å²) >= 11 is 0. The Labute approximate surface area is 46.1 Å². The zero-order valence-electron chi connectivity index (χ0n) is 5.56. The average molecular weight is 98.2 g/mol. The van der Waals surface area contributed by atoms with Gasteiger partial charge in [-0.2, -0.15) is 0 Å². The fourth-order valence-corrected chi connectivity index (χ4v) is 0.924. The van der Waals surface area contributed by atoms with Crippen LogP contribution in [0.4, 0.5) is 0 Å². The molecule has 1 rings (SSSR count). The van der Waals surface area contributed by atoms with E-state index in [0.29, 0.717) is 0 Å². The Balaban J connectivity index is 0.000000490. The van der Waals surface area contributed by atoms with Gasteiger partial charge in [-0.05, 0) is 19.0 Å². The molecule has 0 amide bonds. The third-order valence-corrected chi connectivity index (χ3v) is 1.40. The van der Waals surface area contributed by atoms with Gasteiger partial charge in [0.25, 0.3) is 0 Å². The van der Waals surface area contributed by atoms with E-state index in [1.807, 2.05) is 6.20 Å². The van der Waals surface area contributed by atoms with Crippen molar-refractivity contribution in [2.45, 2.75) is 12.8 Å². The largest absolute Gasteiger partial charge is 1.00 e. The minimum Gasteiger partial charge on any atom is -0.378 e. The smallest absolute Gasteiger partial charge is 0.378 e. The molecule has 1 heteroatoms. The Morgan fingerprint density at radius 1 is 1.43 bits per heavy atom. The molecule has 0 aromatic rings. The number of hydrogen-bond donors (Lipinski definition) is 0. The average Bonchev–Trinajstić information content (AvgIpc) is 2.14. The summed E-state index contributed by atoms with van der Waals surface area (Å²) in [4.78, 5) is 2.25. The first kappa shape index (κ1) is 4.69. The minimum atomic E-state index is 0. The van der Waals surface area contributed by atoms with Gasteiger partial charge in [0.1, 0.15) is 0 Å². The maximum absolute atomic E-state index is 3.67. The maximum atomic E-state index is 3.67. The van der Waals surface area contributed by atoms with E-state index in [-0.39, 0.29) is 1.43 Å². The number of rotatable bonds is 1. The van der Waals surface area contributed by atoms with Crippen LogP contribution < -0.4 is 0 Å². The van der Waals surface area contributed by atoms with Crippen LogP contribution in [0.2, 0.25) is 0 Å². The fourth-order valence-electron chi connectivity index (χ4n) is 0.924. The minimum absolute atomic E-state index is 0. The van der Waals surface area contributed by atoms with Gasteiger partial charge >= 0.3 is 1.43 Å². The van der Waals surface area contributed by atoms with Gasteiger partial charge in [-0.25, -0.2) is 0 Å². The summed E-state index contributed by atoms with van der Waals surface area (Å²) in [6.07, 6.45) is 4.63. The summed E-state index contributed by atoms with van der Waals surface area (Å²) < 4.78 is 0. The molecule has 1 fully saturated rings. The molecule has 0 radical (unpaired) electrons. The first-order chi connectivity index (χ1) is 3.43. The molecular formula is C6H12N+. The van der Waals surface area contributed by atoms with Crippen molar-refractivity contribution in [3.63, 3.8) is 0 Å². The Bertz CT molecular complexity index is 66.9. The van der Waals surface area contributed by atoms with Gasteiger partial charge < -0.3 is 4.90 Å². The first-order valence-corrected chi connectivity index (χ1v) is 2.80. The summed E-state index contributed by atoms with van der Waals surface area (Å²) in [5.74, 6) is 0. The van der Waals surface area contributed by atoms with Crippen LogP contribution in [-0.4, -0.2) is 18.0 Å². The molecule has 0 atom stereocenters. The molecule has 40 valence electrons. The van der Waals surface area contributed by atoms with Crippen LogP contribution in [-0.2, 0) is 0 Å². The quantitative estimate of drug-likeness (QED) is 0.478. The molecule has 0 unspecified atom stereocenters. The molecule has 0 bridgehead atoms. The fraction of sp³-hybridized carbons (Fsp3) is 0.667. The lowest BCUT2D eigenvalue weighted by molar-refractivity contribution is 0.469. The molecule has 1 nitrogen and oxygen atoms in total. The van der Waals surface area contributed by atoms with Gasteiger partial charge in [-0.1, -0.05) is 6.58 Å². The molecule has 1 aliphatic heterocycles. The lowest BCUT2D eigenvalue weighted by Crippen LogP contribution is -2.08. The summed E-state index contributed by atoms with van der Waals surface area (Å²) in [6.45, 7) is 6.12. The lowest BCUT2D eigenvalue weighted by atomic mass is 10.4. The highest BCUT2D eigenvalue weighted by Gasteiger charge is 2.04. The van der Waals surface area contributed by atoms with Gasteiger partial charge in [-0.3, -0.25) is 0 Å². The predicted molar refractivity (Wildman–Crippen MR) is 32.1 cm³/mol. The molecule has 1 saturated heterocycles. The van der Waals surface area contributed by atoms with Crippen molar-refractivity contribution >= 4 is 0 Å². The Hall–Kier alpha value is -0.460. The van der Waals surface area contributed by atoms with Crippen molar-refractivity contribution in [3.8, 4) is 0 Å². The second-order valence-corrected chi connectivity index (χ2v) is 1.93. The maximum Gasteiger partial charge on any atom is 1.00 e. The first-order valence-electron chi connectivity index (χ1n) is 2.80. The summed E-state index contributed by atoms with van der Waals surface area (Å²) in [5, 5.41) is 0. The van der Waals surface area contributed by atoms with E-state index in [4.69, 9.17) is 0 Å². The van der Waals surface area contributed by atoms with E-state index in [0.717, 1.165) is 0 Å². The second-order valence-electron chi connectivity index (χ2n) is 1.93. The van der Waals surface area contributed by atoms with Crippen LogP contribution in [0.1, 0.15) is 14.3 Å². The number of hydrogen-bond acceptors (Lipinski definition) is 1. The predicted octanol–water partition coefficient (Wildman–Crippen LogP) is 1.34. The molecule has 1 aliphatic rings. The van der Waals surface area contributed by atoms with Crippen LogP contribution >= 0.6 is 0 Å². The molecule has 0 saturated carbocycles. The van der Waals surface area contributed by atoms with Gasteiger partial charge in [0.2, 0.25) is 0 Å². The zero-order valence-corrected chi connectivity index (χ0v) is 4.56. The highest BCUT2D eigenvalue weighted by atomic mass is 15.1. The normalized spacial score (nSPS) is 20.3. The summed E-state index contributed by atoms with van der Waals surface area (Å²) in [5.41, 5.74) is 0. The van der Waals surface area contributed by atoms with Crippen molar-refractivity contribution in [2.75, 3.05) is 13.1 Å². The highest BCUT2D eigenvalue weighted by molar-refractivity contribution is 4.75. The van der Waals surface area contributed by atoms with E-state index >= 15 is 0 Å². The Kier molecular flexibility index (Phi) is 1.35. The SMILES string of the molecule is C=CN1CCCC1.[H+]. The van der Waals surface area contributed by atoms with Gasteiger partial charge in [0.05, 0.1) is 0 Å². The Morgan fingerprint density at radius 3 is 2.29 bits per heavy atom. The van der Waals surface area contributed by atoms with E-state index in [2.05, 4.69) is 11.5 Å². The van der Waals surface area contributed by atoms with Crippen LogP contribution in [0.5, 0.6) is 0 Å². The van der Waals surface area contributed by atoms with Crippen LogP contribution in [0.25, 0.3) is 0 Å². The van der Waals surface area contributed by atoms with Crippen molar-refractivity contribution in [3.05, 3.63) is 12.8 Å². The van der Waals surface area contributed by atoms with Gasteiger partial charge in [0, 0.05) is 13.1 Å². The zero-order chi connectivity index (χ0) is 5.11. The third-order valence-electron chi connectivity index (χ3n) is 1.40. The van der Waals surface area contributed by atoms with Crippen LogP contribution in [0.15, 0.2) is 12.8 Å². The molecule has 0 aliphatic carbocycles. The Morgan fingerprint density at radius 2 is 2.00 bits per heavy atom. The molecule has 7 heavy (non-hydrogen) atoms. The summed E-state index contributed by atoms with van der Waals surface area (Å²) in [7, 11) is 0. The van der Waals surface area contributed by atoms with E-state index in [1.165, 1.54) is 25.9 Å². The van der Waals surface area contributed by atoms with E-state index < -0.39 is 0 Å². The number of likely N-dealkylation sites (tertiary alicyclic amines) is 1. The van der Waals surface area contributed by atoms with Crippen molar-refractivity contribution in [1.29, 1.82) is 0 Å². The lowest BCUT2D eigenvalue weighted by Gasteiger charge is -2.07. The monoisotopic (exact) mass is 98.1 g/mol. The van der Waals surface area contributed by atoms with Crippen LogP contribution in [0, 0.1) is 0 Å². The van der Waals surface area contributed by atoms with Crippen LogP contribution in [0.3, 0.4) is 0 Å². The standard InChI is InChI=1S/C6H11N/c1-2-7-5-3-4-6-7/h2H,1,3-6H2/p+1. The van der Waals surface area contributed by atoms with Crippen molar-refractivity contribution in [2.24, 2.45) is 0 Å². The molecular weight excluding hydrogens is 86.1 g/mol. The highest BCUT2D eigenvalue weighted by Crippen LogP contribution is 2.05. The molecule has 0 aromatic carbocycles. The van der Waals surface area contributed by atoms with Crippen molar-refractivity contribution < 1.29 is 1.43 Å². The van der Waals surface area contributed by atoms with E-state index in [9.17, 15) is 0 Å². The molecule has 1 heterocycles. The second kappa shape index (κ2) is 2.01. The van der Waals surface area contributed by atoms with Gasteiger partial charge in [0.15, 0.2) is 0 Å². The molecule has 0 N–H and O–H groups in total.